The number of hydroxylamine groups is 4. The van der Waals surface area contributed by atoms with Crippen molar-refractivity contribution in [1.29, 1.82) is 0 Å². The van der Waals surface area contributed by atoms with Crippen molar-refractivity contribution in [2.75, 3.05) is 39.3 Å². The normalized spacial score (nSPS) is 27.2. The maximum atomic E-state index is 12.4. The smallest absolute Gasteiger partial charge is 0.317 e. The molecule has 6 heterocycles. The maximum Gasteiger partial charge on any atom is 0.418 e. The van der Waals surface area contributed by atoms with Gasteiger partial charge in [0.1, 0.15) is 12.1 Å². The second kappa shape index (κ2) is 17.7. The van der Waals surface area contributed by atoms with Gasteiger partial charge in [-0.05, 0) is 89.4 Å². The molecule has 1 unspecified atom stereocenters. The summed E-state index contributed by atoms with van der Waals surface area (Å²) in [5.41, 5.74) is 9.40. The molecule has 4 bridgehead atoms. The number of nitrogens with one attached hydrogen (secondary N) is 6. The predicted molar refractivity (Wildman–Crippen MR) is 180 cm³/mol. The van der Waals surface area contributed by atoms with E-state index in [1.807, 2.05) is 0 Å². The zero-order valence-corrected chi connectivity index (χ0v) is 30.8. The summed E-state index contributed by atoms with van der Waals surface area (Å²) in [6, 6.07) is -4.51. The van der Waals surface area contributed by atoms with Crippen molar-refractivity contribution >= 4 is 56.5 Å². The zero-order valence-electron chi connectivity index (χ0n) is 29.2. The Balaban J connectivity index is 0.000000208. The highest BCUT2D eigenvalue weighted by atomic mass is 32.3. The predicted octanol–water partition coefficient (Wildman–Crippen LogP) is -2.95. The number of hydrogen-bond donors (Lipinski definition) is 8. The monoisotopic (exact) mass is 810 g/mol. The Morgan fingerprint density at radius 2 is 1.09 bits per heavy atom. The molecule has 6 fully saturated rings. The molecule has 24 nitrogen and oxygen atoms in total. The number of hydrazine groups is 2. The van der Waals surface area contributed by atoms with Crippen molar-refractivity contribution in [1.82, 2.24) is 52.3 Å². The lowest BCUT2D eigenvalue weighted by Gasteiger charge is -2.29. The molecule has 8 N–H and O–H groups in total. The summed E-state index contributed by atoms with van der Waals surface area (Å²) in [5.74, 6) is -1.25. The average Bonchev–Trinajstić information content (AvgIpc) is 3.49. The molecule has 0 aromatic carbocycles. The van der Waals surface area contributed by atoms with E-state index in [4.69, 9.17) is 9.11 Å². The Labute approximate surface area is 311 Å². The van der Waals surface area contributed by atoms with Crippen molar-refractivity contribution < 1.29 is 63.3 Å². The van der Waals surface area contributed by atoms with Gasteiger partial charge in [0.2, 0.25) is 11.8 Å². The van der Waals surface area contributed by atoms with Crippen LogP contribution in [-0.2, 0) is 48.5 Å². The van der Waals surface area contributed by atoms with Crippen molar-refractivity contribution in [2.45, 2.75) is 88.4 Å². The first kappa shape index (κ1) is 41.2. The largest absolute Gasteiger partial charge is 0.418 e. The Morgan fingerprint density at radius 3 is 1.52 bits per heavy atom. The SMILES string of the molecule is O=C(CC1CCCNC1)NNC(=O)[C@@H]1CC[C@@H]2CN1C(=O)N2OS(=O)(=O)O.O=C(CC1CCNCC1)NNC(=O)[C@@H]1CC[C@@H]2CN1C(=O)N2OS(=O)(=O)O. The minimum atomic E-state index is -4.84. The summed E-state index contributed by atoms with van der Waals surface area (Å²) in [6.45, 7) is 3.63. The van der Waals surface area contributed by atoms with Gasteiger partial charge in [0.15, 0.2) is 0 Å². The van der Waals surface area contributed by atoms with Gasteiger partial charge in [-0.1, -0.05) is 0 Å². The first-order chi connectivity index (χ1) is 25.5. The molecule has 0 radical (unpaired) electrons. The van der Waals surface area contributed by atoms with Crippen molar-refractivity contribution in [3.63, 3.8) is 0 Å². The van der Waals surface area contributed by atoms with E-state index in [-0.39, 0.29) is 49.6 Å². The van der Waals surface area contributed by atoms with Crippen LogP contribution in [0.15, 0.2) is 0 Å². The van der Waals surface area contributed by atoms with E-state index in [2.05, 4.69) is 40.9 Å². The van der Waals surface area contributed by atoms with E-state index < -0.39 is 68.8 Å². The minimum Gasteiger partial charge on any atom is -0.317 e. The molecule has 0 aliphatic carbocycles. The van der Waals surface area contributed by atoms with E-state index in [1.54, 1.807) is 0 Å². The number of amides is 8. The van der Waals surface area contributed by atoms with Gasteiger partial charge in [-0.15, -0.1) is 8.57 Å². The molecule has 0 aromatic heterocycles. The van der Waals surface area contributed by atoms with Crippen LogP contribution >= 0.6 is 0 Å². The van der Waals surface area contributed by atoms with E-state index >= 15 is 0 Å². The molecule has 6 aliphatic heterocycles. The number of piperidine rings is 4. The number of urea groups is 2. The van der Waals surface area contributed by atoms with Gasteiger partial charge in [-0.3, -0.25) is 50.0 Å². The highest BCUT2D eigenvalue weighted by molar-refractivity contribution is 7.81. The molecule has 26 heteroatoms. The van der Waals surface area contributed by atoms with E-state index in [0.29, 0.717) is 35.8 Å². The lowest BCUT2D eigenvalue weighted by atomic mass is 9.94. The summed E-state index contributed by atoms with van der Waals surface area (Å²) < 4.78 is 69.6. The van der Waals surface area contributed by atoms with Crippen LogP contribution in [-0.4, -0.2) is 145 Å². The molecule has 6 aliphatic rings. The molecule has 6 rings (SSSR count). The maximum absolute atomic E-state index is 12.4. The molecule has 0 spiro atoms. The molecular formula is C28H46N10O14S2. The average molecular weight is 811 g/mol. The van der Waals surface area contributed by atoms with Crippen LogP contribution in [0, 0.1) is 11.8 Å². The summed E-state index contributed by atoms with van der Waals surface area (Å²) in [7, 11) is -9.67. The number of rotatable bonds is 10. The van der Waals surface area contributed by atoms with Gasteiger partial charge in [0.25, 0.3) is 11.8 Å². The van der Waals surface area contributed by atoms with Gasteiger partial charge in [0, 0.05) is 25.9 Å². The summed E-state index contributed by atoms with van der Waals surface area (Å²) >= 11 is 0. The van der Waals surface area contributed by atoms with E-state index in [9.17, 15) is 45.6 Å². The van der Waals surface area contributed by atoms with Crippen LogP contribution in [0.1, 0.15) is 64.2 Å². The van der Waals surface area contributed by atoms with Crippen LogP contribution in [0.3, 0.4) is 0 Å². The van der Waals surface area contributed by atoms with Crippen LogP contribution in [0.2, 0.25) is 0 Å². The third-order valence-electron chi connectivity index (χ3n) is 10.1. The highest BCUT2D eigenvalue weighted by Gasteiger charge is 2.50. The van der Waals surface area contributed by atoms with Gasteiger partial charge in [-0.2, -0.15) is 27.0 Å². The molecule has 5 atom stereocenters. The Bertz CT molecular complexity index is 1540. The molecule has 0 aromatic rings. The fourth-order valence-corrected chi connectivity index (χ4v) is 8.22. The molecule has 8 amide bonds. The second-order valence-electron chi connectivity index (χ2n) is 13.9. The van der Waals surface area contributed by atoms with E-state index in [0.717, 1.165) is 61.7 Å². The van der Waals surface area contributed by atoms with Gasteiger partial charge < -0.3 is 20.4 Å². The highest BCUT2D eigenvalue weighted by Crippen LogP contribution is 2.32. The Hall–Kier alpha value is -3.92. The number of fused-ring (bicyclic) bond motifs is 4. The van der Waals surface area contributed by atoms with E-state index in [1.165, 1.54) is 0 Å². The molecular weight excluding hydrogens is 764 g/mol. The topological polar surface area (TPSA) is 315 Å². The lowest BCUT2D eigenvalue weighted by Crippen LogP contribution is -2.54. The number of carbonyl (C=O) groups is 6. The summed E-state index contributed by atoms with van der Waals surface area (Å²) in [5, 5.41) is 7.56. The number of carbonyl (C=O) groups excluding carboxylic acids is 6. The van der Waals surface area contributed by atoms with Crippen LogP contribution in [0.4, 0.5) is 9.59 Å². The quantitative estimate of drug-likeness (QED) is 0.0808. The Morgan fingerprint density at radius 1 is 0.630 bits per heavy atom. The lowest BCUT2D eigenvalue weighted by molar-refractivity contribution is -0.132. The number of hydrogen-bond acceptors (Lipinski definition) is 14. The first-order valence-corrected chi connectivity index (χ1v) is 20.3. The first-order valence-electron chi connectivity index (χ1n) is 17.6. The summed E-state index contributed by atoms with van der Waals surface area (Å²) in [4.78, 5) is 75.5. The van der Waals surface area contributed by atoms with Crippen molar-refractivity contribution in [3.05, 3.63) is 0 Å². The minimum absolute atomic E-state index is 0.0914. The third kappa shape index (κ3) is 11.1. The number of nitrogens with zero attached hydrogens (tertiary/aromatic N) is 4. The van der Waals surface area contributed by atoms with Gasteiger partial charge >= 0.3 is 32.9 Å². The standard InChI is InChI=1S/2C14H23N5O7S/c20-12(7-9-3-5-15-6-4-9)16-17-13(21)11-2-1-10-8-18(11)14(22)19(10)26-27(23,24)25;20-12(6-9-2-1-5-15-7-9)16-17-13(21)11-4-3-10-8-18(11)14(22)19(10)26-27(23,24)25/h2*9-11,15H,1-8H2,(H,16,20)(H,17,21)(H,23,24,25)/t10-,11+;9?,10-,11+/m11/s1. The van der Waals surface area contributed by atoms with Gasteiger partial charge in [-0.25, -0.2) is 9.59 Å². The molecule has 54 heavy (non-hydrogen) atoms. The van der Waals surface area contributed by atoms with Crippen molar-refractivity contribution in [2.24, 2.45) is 11.8 Å². The van der Waals surface area contributed by atoms with Crippen molar-refractivity contribution in [3.8, 4) is 0 Å². The Kier molecular flexibility index (Phi) is 13.5. The zero-order chi connectivity index (χ0) is 39.2. The fraction of sp³-hybridized carbons (Fsp3) is 0.786. The van der Waals surface area contributed by atoms with Crippen LogP contribution in [0.25, 0.3) is 0 Å². The second-order valence-corrected chi connectivity index (χ2v) is 15.9. The van der Waals surface area contributed by atoms with Crippen LogP contribution < -0.4 is 32.3 Å². The molecule has 304 valence electrons. The van der Waals surface area contributed by atoms with Crippen LogP contribution in [0.5, 0.6) is 0 Å². The third-order valence-corrected chi connectivity index (χ3v) is 10.8. The molecule has 0 saturated carbocycles. The van der Waals surface area contributed by atoms with Gasteiger partial charge in [0.05, 0.1) is 12.1 Å². The summed E-state index contributed by atoms with van der Waals surface area (Å²) in [6.07, 6.45) is 5.54. The fourth-order valence-electron chi connectivity index (χ4n) is 7.45. The molecule has 6 saturated heterocycles.